The zero-order chi connectivity index (χ0) is 16.7. The molecule has 8 nitrogen and oxygen atoms in total. The number of ether oxygens (including phenoxy) is 1. The molecule has 8 heteroatoms. The lowest BCUT2D eigenvalue weighted by molar-refractivity contribution is -0.140. The molecule has 1 fully saturated rings. The van der Waals surface area contributed by atoms with Crippen LogP contribution >= 0.6 is 0 Å². The Labute approximate surface area is 133 Å². The molecule has 0 bridgehead atoms. The van der Waals surface area contributed by atoms with Gasteiger partial charge in [-0.15, -0.1) is 6.58 Å². The highest BCUT2D eigenvalue weighted by Gasteiger charge is 2.31. The maximum atomic E-state index is 12.2. The second-order valence-corrected chi connectivity index (χ2v) is 4.85. The standard InChI is InChI=1S/C15H19N3O5/c1-2-3-9-23-15(21)18-8-5-7-17(18)13(19)11-16-14(20)12-6-4-10-22-12/h2,4,6,10H,1,3,5,7-9,11H2,(H,16,20). The highest BCUT2D eigenvalue weighted by molar-refractivity contribution is 5.94. The summed E-state index contributed by atoms with van der Waals surface area (Å²) in [5.74, 6) is -0.745. The van der Waals surface area contributed by atoms with Crippen molar-refractivity contribution in [3.8, 4) is 0 Å². The fourth-order valence-corrected chi connectivity index (χ4v) is 2.11. The van der Waals surface area contributed by atoms with Gasteiger partial charge in [-0.3, -0.25) is 9.59 Å². The minimum Gasteiger partial charge on any atom is -0.459 e. The highest BCUT2D eigenvalue weighted by atomic mass is 16.6. The predicted molar refractivity (Wildman–Crippen MR) is 80.2 cm³/mol. The van der Waals surface area contributed by atoms with E-state index in [1.165, 1.54) is 22.3 Å². The van der Waals surface area contributed by atoms with Crippen molar-refractivity contribution in [2.24, 2.45) is 0 Å². The molecule has 1 aliphatic rings. The minimum atomic E-state index is -0.574. The van der Waals surface area contributed by atoms with Gasteiger partial charge in [-0.25, -0.2) is 14.8 Å². The van der Waals surface area contributed by atoms with Crippen LogP contribution in [-0.4, -0.2) is 54.2 Å². The number of hydrogen-bond acceptors (Lipinski definition) is 5. The first-order chi connectivity index (χ1) is 11.1. The van der Waals surface area contributed by atoms with Crippen LogP contribution in [0.2, 0.25) is 0 Å². The largest absolute Gasteiger partial charge is 0.459 e. The topological polar surface area (TPSA) is 92.1 Å². The summed E-state index contributed by atoms with van der Waals surface area (Å²) in [4.78, 5) is 35.8. The maximum absolute atomic E-state index is 12.2. The van der Waals surface area contributed by atoms with Crippen LogP contribution in [0.1, 0.15) is 23.4 Å². The van der Waals surface area contributed by atoms with Gasteiger partial charge in [-0.2, -0.15) is 0 Å². The number of nitrogens with one attached hydrogen (secondary N) is 1. The van der Waals surface area contributed by atoms with E-state index in [4.69, 9.17) is 9.15 Å². The number of rotatable bonds is 6. The molecule has 1 N–H and O–H groups in total. The Kier molecular flexibility index (Phi) is 5.79. The van der Waals surface area contributed by atoms with Gasteiger partial charge in [0.15, 0.2) is 5.76 Å². The summed E-state index contributed by atoms with van der Waals surface area (Å²) < 4.78 is 9.99. The summed E-state index contributed by atoms with van der Waals surface area (Å²) >= 11 is 0. The van der Waals surface area contributed by atoms with Crippen molar-refractivity contribution in [2.75, 3.05) is 26.2 Å². The number of furan rings is 1. The maximum Gasteiger partial charge on any atom is 0.428 e. The van der Waals surface area contributed by atoms with E-state index in [1.54, 1.807) is 12.1 Å². The number of carbonyl (C=O) groups excluding carboxylic acids is 3. The molecule has 1 aromatic heterocycles. The molecule has 2 rings (SSSR count). The van der Waals surface area contributed by atoms with Crippen molar-refractivity contribution < 1.29 is 23.5 Å². The SMILES string of the molecule is C=CCCOC(=O)N1CCCN1C(=O)CNC(=O)c1ccco1. The lowest BCUT2D eigenvalue weighted by Gasteiger charge is -2.27. The van der Waals surface area contributed by atoms with E-state index in [9.17, 15) is 14.4 Å². The normalized spacial score (nSPS) is 13.7. The van der Waals surface area contributed by atoms with Gasteiger partial charge in [-0.05, 0) is 25.0 Å². The Morgan fingerprint density at radius 2 is 2.13 bits per heavy atom. The smallest absolute Gasteiger partial charge is 0.428 e. The molecule has 0 saturated carbocycles. The Hall–Kier alpha value is -2.77. The van der Waals surface area contributed by atoms with Crippen LogP contribution in [0.4, 0.5) is 4.79 Å². The van der Waals surface area contributed by atoms with Crippen LogP contribution in [0.3, 0.4) is 0 Å². The summed E-state index contributed by atoms with van der Waals surface area (Å²) in [7, 11) is 0. The van der Waals surface area contributed by atoms with Gasteiger partial charge in [0.05, 0.1) is 19.4 Å². The number of nitrogens with zero attached hydrogens (tertiary/aromatic N) is 2. The quantitative estimate of drug-likeness (QED) is 0.627. The Morgan fingerprint density at radius 1 is 1.35 bits per heavy atom. The number of carbonyl (C=O) groups is 3. The Balaban J connectivity index is 1.84. The van der Waals surface area contributed by atoms with Crippen LogP contribution in [0.15, 0.2) is 35.5 Å². The van der Waals surface area contributed by atoms with Gasteiger partial charge in [0.1, 0.15) is 0 Å². The van der Waals surface area contributed by atoms with E-state index in [0.717, 1.165) is 0 Å². The van der Waals surface area contributed by atoms with E-state index in [2.05, 4.69) is 11.9 Å². The molecule has 124 valence electrons. The van der Waals surface area contributed by atoms with Crippen LogP contribution in [0.5, 0.6) is 0 Å². The Bertz CT molecular complexity index is 570. The van der Waals surface area contributed by atoms with E-state index in [-0.39, 0.29) is 24.8 Å². The second-order valence-electron chi connectivity index (χ2n) is 4.85. The van der Waals surface area contributed by atoms with Crippen molar-refractivity contribution in [3.63, 3.8) is 0 Å². The highest BCUT2D eigenvalue weighted by Crippen LogP contribution is 2.12. The fourth-order valence-electron chi connectivity index (χ4n) is 2.11. The van der Waals surface area contributed by atoms with Gasteiger partial charge in [0.25, 0.3) is 11.8 Å². The molecule has 0 radical (unpaired) electrons. The van der Waals surface area contributed by atoms with E-state index in [1.807, 2.05) is 0 Å². The summed E-state index contributed by atoms with van der Waals surface area (Å²) in [5, 5.41) is 5.00. The first-order valence-corrected chi connectivity index (χ1v) is 7.30. The van der Waals surface area contributed by atoms with E-state index >= 15 is 0 Å². The molecule has 1 saturated heterocycles. The van der Waals surface area contributed by atoms with Crippen molar-refractivity contribution in [2.45, 2.75) is 12.8 Å². The van der Waals surface area contributed by atoms with Gasteiger partial charge < -0.3 is 14.5 Å². The third-order valence-electron chi connectivity index (χ3n) is 3.22. The molecule has 2 heterocycles. The summed E-state index contributed by atoms with van der Waals surface area (Å²) in [6.07, 6.45) is 3.65. The van der Waals surface area contributed by atoms with Crippen LogP contribution < -0.4 is 5.32 Å². The van der Waals surface area contributed by atoms with E-state index in [0.29, 0.717) is 25.9 Å². The minimum absolute atomic E-state index is 0.125. The van der Waals surface area contributed by atoms with Crippen LogP contribution in [0.25, 0.3) is 0 Å². The molecule has 0 atom stereocenters. The van der Waals surface area contributed by atoms with Gasteiger partial charge >= 0.3 is 6.09 Å². The third-order valence-corrected chi connectivity index (χ3v) is 3.22. The van der Waals surface area contributed by atoms with E-state index < -0.39 is 12.0 Å². The molecule has 0 spiro atoms. The molecule has 1 aromatic rings. The average Bonchev–Trinajstić information content (AvgIpc) is 3.23. The van der Waals surface area contributed by atoms with Gasteiger partial charge in [0.2, 0.25) is 0 Å². The zero-order valence-electron chi connectivity index (χ0n) is 12.7. The monoisotopic (exact) mass is 321 g/mol. The second kappa shape index (κ2) is 8.02. The molecular weight excluding hydrogens is 302 g/mol. The summed E-state index contributed by atoms with van der Waals surface area (Å²) in [6, 6.07) is 3.08. The van der Waals surface area contributed by atoms with Crippen molar-refractivity contribution in [1.29, 1.82) is 0 Å². The number of amides is 3. The van der Waals surface area contributed by atoms with Gasteiger partial charge in [-0.1, -0.05) is 6.08 Å². The summed E-state index contributed by atoms with van der Waals surface area (Å²) in [6.45, 7) is 4.35. The number of hydrogen-bond donors (Lipinski definition) is 1. The predicted octanol–water partition coefficient (Wildman–Crippen LogP) is 1.17. The first-order valence-electron chi connectivity index (χ1n) is 7.30. The lowest BCUT2D eigenvalue weighted by Crippen LogP contribution is -2.48. The third kappa shape index (κ3) is 4.35. The Morgan fingerprint density at radius 3 is 2.83 bits per heavy atom. The molecule has 23 heavy (non-hydrogen) atoms. The van der Waals surface area contributed by atoms with Crippen molar-refractivity contribution in [1.82, 2.24) is 15.3 Å². The zero-order valence-corrected chi connectivity index (χ0v) is 12.7. The molecule has 0 aliphatic carbocycles. The number of hydrazine groups is 1. The molecular formula is C15H19N3O5. The lowest BCUT2D eigenvalue weighted by atomic mass is 10.4. The molecule has 0 unspecified atom stereocenters. The van der Waals surface area contributed by atoms with Gasteiger partial charge in [0, 0.05) is 13.1 Å². The fraction of sp³-hybridized carbons (Fsp3) is 0.400. The molecule has 3 amide bonds. The van der Waals surface area contributed by atoms with Crippen molar-refractivity contribution >= 4 is 17.9 Å². The molecule has 1 aliphatic heterocycles. The average molecular weight is 321 g/mol. The van der Waals surface area contributed by atoms with Crippen molar-refractivity contribution in [3.05, 3.63) is 36.8 Å². The first kappa shape index (κ1) is 16.6. The summed E-state index contributed by atoms with van der Waals surface area (Å²) in [5.41, 5.74) is 0. The molecule has 0 aromatic carbocycles. The van der Waals surface area contributed by atoms with Crippen LogP contribution in [0, 0.1) is 0 Å². The van der Waals surface area contributed by atoms with Crippen LogP contribution in [-0.2, 0) is 9.53 Å².